The van der Waals surface area contributed by atoms with Crippen molar-refractivity contribution in [1.29, 1.82) is 0 Å². The average Bonchev–Trinajstić information content (AvgIpc) is 3.27. The van der Waals surface area contributed by atoms with Crippen LogP contribution < -0.4 is 4.74 Å². The van der Waals surface area contributed by atoms with Crippen LogP contribution in [0, 0.1) is 23.7 Å². The number of esters is 1. The van der Waals surface area contributed by atoms with Gasteiger partial charge in [0.2, 0.25) is 0 Å². The summed E-state index contributed by atoms with van der Waals surface area (Å²) >= 11 is 0. The third-order valence-corrected chi connectivity index (χ3v) is 9.98. The van der Waals surface area contributed by atoms with E-state index in [0.29, 0.717) is 17.8 Å². The molecule has 8 nitrogen and oxygen atoms in total. The van der Waals surface area contributed by atoms with E-state index in [9.17, 15) is 14.7 Å². The second-order valence-corrected chi connectivity index (χ2v) is 12.4. The van der Waals surface area contributed by atoms with Crippen LogP contribution in [0.5, 0.6) is 5.75 Å². The van der Waals surface area contributed by atoms with Crippen molar-refractivity contribution in [2.45, 2.75) is 95.9 Å². The number of piperidine rings is 3. The largest absolute Gasteiger partial charge is 0.508 e. The molecule has 5 aliphatic rings. The maximum absolute atomic E-state index is 12.8. The molecule has 0 spiro atoms. The van der Waals surface area contributed by atoms with Crippen molar-refractivity contribution in [2.24, 2.45) is 23.7 Å². The van der Waals surface area contributed by atoms with Crippen LogP contribution in [0.4, 0.5) is 4.79 Å². The van der Waals surface area contributed by atoms with Crippen molar-refractivity contribution in [2.75, 3.05) is 33.4 Å². The van der Waals surface area contributed by atoms with Gasteiger partial charge in [0.15, 0.2) is 6.61 Å². The SMILES string of the molecule is CCCCCC(CCC1C(O)CC2Cc3c(cccc3OCC(=O)OC)CC21)OC(=O)OC1CN2CCC1CC2. The lowest BCUT2D eigenvalue weighted by Gasteiger charge is -2.43. The lowest BCUT2D eigenvalue weighted by molar-refractivity contribution is -0.142. The Bertz CT molecular complexity index is 1010. The normalized spacial score (nSPS) is 31.1. The first-order valence-corrected chi connectivity index (χ1v) is 15.5. The van der Waals surface area contributed by atoms with Gasteiger partial charge < -0.3 is 24.1 Å². The Morgan fingerprint density at radius 2 is 1.93 bits per heavy atom. The predicted molar refractivity (Wildman–Crippen MR) is 150 cm³/mol. The van der Waals surface area contributed by atoms with Gasteiger partial charge in [-0.25, -0.2) is 9.59 Å². The van der Waals surface area contributed by atoms with Crippen LogP contribution in [-0.2, 0) is 31.8 Å². The number of aliphatic hydroxyl groups excluding tert-OH is 1. The van der Waals surface area contributed by atoms with Gasteiger partial charge in [-0.2, -0.15) is 0 Å². The first kappa shape index (κ1) is 29.2. The molecule has 2 aliphatic carbocycles. The zero-order valence-electron chi connectivity index (χ0n) is 24.2. The maximum Gasteiger partial charge on any atom is 0.508 e. The van der Waals surface area contributed by atoms with Gasteiger partial charge in [0.1, 0.15) is 18.0 Å². The quantitative estimate of drug-likeness (QED) is 0.286. The Labute approximate surface area is 238 Å². The van der Waals surface area contributed by atoms with E-state index in [-0.39, 0.29) is 30.8 Å². The average molecular weight is 558 g/mol. The molecule has 6 atom stereocenters. The molecule has 0 amide bonds. The number of aliphatic hydroxyl groups is 1. The monoisotopic (exact) mass is 557 g/mol. The summed E-state index contributed by atoms with van der Waals surface area (Å²) in [5.74, 6) is 1.73. The van der Waals surface area contributed by atoms with Crippen LogP contribution in [0.2, 0.25) is 0 Å². The minimum absolute atomic E-state index is 0.0486. The van der Waals surface area contributed by atoms with E-state index in [2.05, 4.69) is 17.9 Å². The molecule has 1 N–H and O–H groups in total. The molecule has 1 aromatic rings. The Morgan fingerprint density at radius 1 is 1.10 bits per heavy atom. The lowest BCUT2D eigenvalue weighted by Crippen LogP contribution is -2.52. The molecule has 4 fully saturated rings. The van der Waals surface area contributed by atoms with E-state index in [4.69, 9.17) is 18.9 Å². The van der Waals surface area contributed by atoms with Gasteiger partial charge >= 0.3 is 12.1 Å². The molecule has 0 aromatic heterocycles. The lowest BCUT2D eigenvalue weighted by atomic mass is 9.73. The first-order chi connectivity index (χ1) is 19.4. The third-order valence-electron chi connectivity index (χ3n) is 9.98. The molecule has 3 heterocycles. The Morgan fingerprint density at radius 3 is 2.65 bits per heavy atom. The van der Waals surface area contributed by atoms with Crippen LogP contribution in [0.25, 0.3) is 0 Å². The number of carbonyl (C=O) groups excluding carboxylic acids is 2. The number of methoxy groups -OCH3 is 1. The van der Waals surface area contributed by atoms with Gasteiger partial charge in [0, 0.05) is 6.54 Å². The molecule has 1 aromatic carbocycles. The minimum Gasteiger partial charge on any atom is -0.482 e. The fourth-order valence-electron chi connectivity index (χ4n) is 7.73. The molecule has 6 rings (SSSR count). The fourth-order valence-corrected chi connectivity index (χ4v) is 7.73. The van der Waals surface area contributed by atoms with Crippen molar-refractivity contribution in [3.8, 4) is 5.75 Å². The van der Waals surface area contributed by atoms with Crippen LogP contribution >= 0.6 is 0 Å². The summed E-state index contributed by atoms with van der Waals surface area (Å²) in [5, 5.41) is 11.1. The highest BCUT2D eigenvalue weighted by atomic mass is 16.7. The van der Waals surface area contributed by atoms with Crippen molar-refractivity contribution in [1.82, 2.24) is 4.90 Å². The summed E-state index contributed by atoms with van der Waals surface area (Å²) in [6.07, 6.45) is 9.26. The third kappa shape index (κ3) is 6.93. The van der Waals surface area contributed by atoms with Crippen molar-refractivity contribution in [3.05, 3.63) is 29.3 Å². The summed E-state index contributed by atoms with van der Waals surface area (Å²) in [5.41, 5.74) is 2.39. The van der Waals surface area contributed by atoms with E-state index in [0.717, 1.165) is 102 Å². The number of nitrogens with zero attached hydrogens (tertiary/aromatic N) is 1. The van der Waals surface area contributed by atoms with Crippen LogP contribution in [-0.4, -0.2) is 73.8 Å². The van der Waals surface area contributed by atoms with E-state index in [1.807, 2.05) is 12.1 Å². The molecule has 0 radical (unpaired) electrons. The number of fused-ring (bicyclic) bond motifs is 5. The number of rotatable bonds is 12. The topological polar surface area (TPSA) is 94.5 Å². The van der Waals surface area contributed by atoms with Crippen molar-refractivity contribution >= 4 is 12.1 Å². The van der Waals surface area contributed by atoms with Crippen molar-refractivity contribution < 1.29 is 33.6 Å². The summed E-state index contributed by atoms with van der Waals surface area (Å²) in [7, 11) is 1.36. The molecule has 3 aliphatic heterocycles. The fraction of sp³-hybridized carbons (Fsp3) is 0.750. The molecule has 3 saturated heterocycles. The molecule has 8 heteroatoms. The molecule has 40 heavy (non-hydrogen) atoms. The molecule has 1 saturated carbocycles. The Hall–Kier alpha value is -2.32. The molecule has 2 bridgehead atoms. The zero-order chi connectivity index (χ0) is 28.1. The minimum atomic E-state index is -0.517. The predicted octanol–water partition coefficient (Wildman–Crippen LogP) is 4.93. The van der Waals surface area contributed by atoms with Gasteiger partial charge in [-0.05, 0) is 112 Å². The highest BCUT2D eigenvalue weighted by Gasteiger charge is 2.45. The first-order valence-electron chi connectivity index (χ1n) is 15.5. The highest BCUT2D eigenvalue weighted by molar-refractivity contribution is 5.71. The Balaban J connectivity index is 1.18. The summed E-state index contributed by atoms with van der Waals surface area (Å²) < 4.78 is 22.3. The van der Waals surface area contributed by atoms with Gasteiger partial charge in [-0.3, -0.25) is 4.90 Å². The molecule has 6 unspecified atom stereocenters. The maximum atomic E-state index is 12.8. The van der Waals surface area contributed by atoms with E-state index in [1.165, 1.54) is 12.7 Å². The van der Waals surface area contributed by atoms with E-state index in [1.54, 1.807) is 0 Å². The molecule has 222 valence electrons. The second-order valence-electron chi connectivity index (χ2n) is 12.4. The highest BCUT2D eigenvalue weighted by Crippen LogP contribution is 2.48. The van der Waals surface area contributed by atoms with Gasteiger partial charge in [-0.15, -0.1) is 0 Å². The number of unbranched alkanes of at least 4 members (excludes halogenated alkanes) is 2. The summed E-state index contributed by atoms with van der Waals surface area (Å²) in [4.78, 5) is 26.8. The van der Waals surface area contributed by atoms with Gasteiger partial charge in [0.25, 0.3) is 0 Å². The van der Waals surface area contributed by atoms with Gasteiger partial charge in [0.05, 0.1) is 13.2 Å². The van der Waals surface area contributed by atoms with E-state index >= 15 is 0 Å². The number of hydrogen-bond donors (Lipinski definition) is 1. The molecular weight excluding hydrogens is 510 g/mol. The van der Waals surface area contributed by atoms with Crippen LogP contribution in [0.3, 0.4) is 0 Å². The van der Waals surface area contributed by atoms with Crippen LogP contribution in [0.1, 0.15) is 75.8 Å². The van der Waals surface area contributed by atoms with Crippen molar-refractivity contribution in [3.63, 3.8) is 0 Å². The standard InChI is InChI=1S/C32H47NO7/c1-3-4-5-8-24(39-32(36)40-30-19-33-14-12-21(30)13-15-33)10-11-25-26-16-22-7-6-9-29(38-20-31(35)37-2)27(22)17-23(26)18-28(25)34/h6-7,9,21,23-26,28,30,34H,3-5,8,10-20H2,1-2H3. The number of carbonyl (C=O) groups is 2. The van der Waals surface area contributed by atoms with E-state index < -0.39 is 12.1 Å². The number of ether oxygens (including phenoxy) is 4. The van der Waals surface area contributed by atoms with Gasteiger partial charge in [-0.1, -0.05) is 31.9 Å². The summed E-state index contributed by atoms with van der Waals surface area (Å²) in [6, 6.07) is 6.03. The smallest absolute Gasteiger partial charge is 0.482 e. The number of benzene rings is 1. The summed E-state index contributed by atoms with van der Waals surface area (Å²) in [6.45, 7) is 5.12. The van der Waals surface area contributed by atoms with Crippen LogP contribution in [0.15, 0.2) is 18.2 Å². The number of hydrogen-bond acceptors (Lipinski definition) is 8. The Kier molecular flexibility index (Phi) is 9.89. The zero-order valence-corrected chi connectivity index (χ0v) is 24.2. The second kappa shape index (κ2) is 13.6. The molecular formula is C32H47NO7.